The lowest BCUT2D eigenvalue weighted by atomic mass is 9.96. The number of hydrogen-bond acceptors (Lipinski definition) is 5. The minimum atomic E-state index is -1.16. The number of nitrogens with one attached hydrogen (secondary N) is 1. The summed E-state index contributed by atoms with van der Waals surface area (Å²) in [5.41, 5.74) is 0.156. The molecular weight excluding hydrogens is 334 g/mol. The third-order valence-corrected chi connectivity index (χ3v) is 4.42. The van der Waals surface area contributed by atoms with Gasteiger partial charge in [0.2, 0.25) is 0 Å². The standard InChI is InChI=1S/C16H10F2N4OS/c1-8-7-24-16(21-8)9(5-19)15(23)10-6-20-22-14(10)13-11(17)3-2-4-12(13)18/h2-4,6-7,9H,1H3,(H,20,22)/t9-/m0/s1. The van der Waals surface area contributed by atoms with Gasteiger partial charge < -0.3 is 0 Å². The van der Waals surface area contributed by atoms with Crippen molar-refractivity contribution in [3.05, 3.63) is 57.7 Å². The zero-order valence-corrected chi connectivity index (χ0v) is 13.2. The zero-order valence-electron chi connectivity index (χ0n) is 12.4. The van der Waals surface area contributed by atoms with Crippen molar-refractivity contribution in [2.45, 2.75) is 12.8 Å². The van der Waals surface area contributed by atoms with Crippen LogP contribution >= 0.6 is 11.3 Å². The van der Waals surface area contributed by atoms with Gasteiger partial charge in [0, 0.05) is 11.1 Å². The molecular formula is C16H10F2N4OS. The fourth-order valence-corrected chi connectivity index (χ4v) is 3.12. The van der Waals surface area contributed by atoms with Crippen LogP contribution in [0.4, 0.5) is 8.78 Å². The number of aryl methyl sites for hydroxylation is 1. The first-order valence-electron chi connectivity index (χ1n) is 6.86. The summed E-state index contributed by atoms with van der Waals surface area (Å²) in [7, 11) is 0. The van der Waals surface area contributed by atoms with Gasteiger partial charge in [-0.25, -0.2) is 13.8 Å². The zero-order chi connectivity index (χ0) is 17.3. The van der Waals surface area contributed by atoms with Gasteiger partial charge in [-0.1, -0.05) is 6.07 Å². The van der Waals surface area contributed by atoms with Crippen molar-refractivity contribution in [3.63, 3.8) is 0 Å². The summed E-state index contributed by atoms with van der Waals surface area (Å²) >= 11 is 1.18. The van der Waals surface area contributed by atoms with Crippen molar-refractivity contribution in [2.75, 3.05) is 0 Å². The summed E-state index contributed by atoms with van der Waals surface area (Å²) < 4.78 is 28.0. The number of hydrogen-bond donors (Lipinski definition) is 1. The predicted octanol–water partition coefficient (Wildman–Crippen LogP) is 3.61. The van der Waals surface area contributed by atoms with Crippen LogP contribution < -0.4 is 0 Å². The Kier molecular flexibility index (Phi) is 4.18. The molecule has 0 fully saturated rings. The normalized spacial score (nSPS) is 11.9. The van der Waals surface area contributed by atoms with Crippen LogP contribution in [-0.2, 0) is 0 Å². The first-order chi connectivity index (χ1) is 11.5. The molecule has 1 aromatic carbocycles. The van der Waals surface area contributed by atoms with E-state index in [-0.39, 0.29) is 16.8 Å². The van der Waals surface area contributed by atoms with Crippen LogP contribution in [0, 0.1) is 29.9 Å². The van der Waals surface area contributed by atoms with E-state index in [1.807, 2.05) is 6.07 Å². The van der Waals surface area contributed by atoms with Crippen molar-refractivity contribution < 1.29 is 13.6 Å². The number of H-pyrrole nitrogens is 1. The van der Waals surface area contributed by atoms with Crippen LogP contribution in [0.3, 0.4) is 0 Å². The molecule has 0 aliphatic heterocycles. The molecule has 0 spiro atoms. The number of rotatable bonds is 4. The summed E-state index contributed by atoms with van der Waals surface area (Å²) in [5.74, 6) is -3.42. The summed E-state index contributed by atoms with van der Waals surface area (Å²) in [6, 6.07) is 5.29. The molecule has 0 saturated carbocycles. The highest BCUT2D eigenvalue weighted by Gasteiger charge is 2.29. The van der Waals surface area contributed by atoms with Crippen LogP contribution in [0.25, 0.3) is 11.3 Å². The van der Waals surface area contributed by atoms with Gasteiger partial charge in [-0.3, -0.25) is 9.89 Å². The number of aromatic amines is 1. The van der Waals surface area contributed by atoms with E-state index in [1.165, 1.54) is 17.4 Å². The number of nitriles is 1. The minimum absolute atomic E-state index is 0.0570. The van der Waals surface area contributed by atoms with Gasteiger partial charge in [-0.2, -0.15) is 10.4 Å². The van der Waals surface area contributed by atoms with Crippen LogP contribution in [0.5, 0.6) is 0 Å². The summed E-state index contributed by atoms with van der Waals surface area (Å²) in [6.45, 7) is 1.75. The molecule has 3 aromatic rings. The minimum Gasteiger partial charge on any atom is -0.292 e. The quantitative estimate of drug-likeness (QED) is 0.733. The smallest absolute Gasteiger partial charge is 0.190 e. The predicted molar refractivity (Wildman–Crippen MR) is 83.5 cm³/mol. The Morgan fingerprint density at radius 3 is 2.67 bits per heavy atom. The van der Waals surface area contributed by atoms with E-state index in [4.69, 9.17) is 0 Å². The molecule has 5 nitrogen and oxygen atoms in total. The topological polar surface area (TPSA) is 82.4 Å². The van der Waals surface area contributed by atoms with Gasteiger partial charge in [-0.15, -0.1) is 11.3 Å². The van der Waals surface area contributed by atoms with Crippen LogP contribution in [0.15, 0.2) is 29.8 Å². The molecule has 1 N–H and O–H groups in total. The number of aromatic nitrogens is 3. The van der Waals surface area contributed by atoms with Gasteiger partial charge in [0.05, 0.1) is 29.1 Å². The molecule has 0 radical (unpaired) electrons. The lowest BCUT2D eigenvalue weighted by Crippen LogP contribution is -2.12. The second-order valence-electron chi connectivity index (χ2n) is 5.01. The Hall–Kier alpha value is -2.92. The first kappa shape index (κ1) is 16.0. The number of benzene rings is 1. The highest BCUT2D eigenvalue weighted by atomic mass is 32.1. The van der Waals surface area contributed by atoms with E-state index < -0.39 is 23.3 Å². The maximum Gasteiger partial charge on any atom is 0.190 e. The van der Waals surface area contributed by atoms with E-state index in [1.54, 1.807) is 12.3 Å². The maximum absolute atomic E-state index is 14.0. The van der Waals surface area contributed by atoms with Gasteiger partial charge in [0.15, 0.2) is 11.7 Å². The number of thiazole rings is 1. The fraction of sp³-hybridized carbons (Fsp3) is 0.125. The summed E-state index contributed by atoms with van der Waals surface area (Å²) in [6.07, 6.45) is 1.16. The molecule has 0 bridgehead atoms. The lowest BCUT2D eigenvalue weighted by Gasteiger charge is -2.07. The second kappa shape index (κ2) is 6.29. The van der Waals surface area contributed by atoms with Gasteiger partial charge in [0.1, 0.15) is 16.6 Å². The van der Waals surface area contributed by atoms with Crippen molar-refractivity contribution in [2.24, 2.45) is 0 Å². The second-order valence-corrected chi connectivity index (χ2v) is 5.90. The number of nitrogens with zero attached hydrogens (tertiary/aromatic N) is 3. The molecule has 8 heteroatoms. The number of Topliss-reactive ketones (excluding diaryl/α,β-unsaturated/α-hetero) is 1. The van der Waals surface area contributed by atoms with Gasteiger partial charge >= 0.3 is 0 Å². The SMILES string of the molecule is Cc1csc([C@@H](C#N)C(=O)c2cn[nH]c2-c2c(F)cccc2F)n1. The maximum atomic E-state index is 14.0. The molecule has 0 unspecified atom stereocenters. The van der Waals surface area contributed by atoms with Crippen LogP contribution in [0.2, 0.25) is 0 Å². The lowest BCUT2D eigenvalue weighted by molar-refractivity contribution is 0.0979. The van der Waals surface area contributed by atoms with Crippen molar-refractivity contribution >= 4 is 17.1 Å². The van der Waals surface area contributed by atoms with E-state index in [2.05, 4.69) is 15.2 Å². The van der Waals surface area contributed by atoms with E-state index in [9.17, 15) is 18.8 Å². The van der Waals surface area contributed by atoms with E-state index in [0.717, 1.165) is 18.3 Å². The first-order valence-corrected chi connectivity index (χ1v) is 7.74. The molecule has 0 aliphatic carbocycles. The Labute approximate surface area is 139 Å². The molecule has 0 saturated heterocycles. The number of carbonyl (C=O) groups excluding carboxylic acids is 1. The molecule has 0 aliphatic rings. The Morgan fingerprint density at radius 1 is 1.38 bits per heavy atom. The molecule has 2 heterocycles. The Balaban J connectivity index is 2.07. The molecule has 120 valence electrons. The third kappa shape index (κ3) is 2.70. The fourth-order valence-electron chi connectivity index (χ4n) is 2.29. The van der Waals surface area contributed by atoms with E-state index >= 15 is 0 Å². The largest absolute Gasteiger partial charge is 0.292 e. The summed E-state index contributed by atoms with van der Waals surface area (Å²) in [4.78, 5) is 16.8. The molecule has 3 rings (SSSR count). The van der Waals surface area contributed by atoms with Crippen molar-refractivity contribution in [3.8, 4) is 17.3 Å². The van der Waals surface area contributed by atoms with Gasteiger partial charge in [-0.05, 0) is 19.1 Å². The van der Waals surface area contributed by atoms with Gasteiger partial charge in [0.25, 0.3) is 0 Å². The van der Waals surface area contributed by atoms with Crippen molar-refractivity contribution in [1.29, 1.82) is 5.26 Å². The highest BCUT2D eigenvalue weighted by Crippen LogP contribution is 2.31. The van der Waals surface area contributed by atoms with Crippen molar-refractivity contribution in [1.82, 2.24) is 15.2 Å². The molecule has 24 heavy (non-hydrogen) atoms. The monoisotopic (exact) mass is 344 g/mol. The molecule has 1 atom stereocenters. The number of ketones is 1. The number of carbonyl (C=O) groups is 1. The highest BCUT2D eigenvalue weighted by molar-refractivity contribution is 7.10. The number of halogens is 2. The molecule has 0 amide bonds. The summed E-state index contributed by atoms with van der Waals surface area (Å²) in [5, 5.41) is 17.6. The average Bonchev–Trinajstić information content (AvgIpc) is 3.17. The third-order valence-electron chi connectivity index (χ3n) is 3.39. The Bertz CT molecular complexity index is 937. The average molecular weight is 344 g/mol. The van der Waals surface area contributed by atoms with Crippen LogP contribution in [0.1, 0.15) is 27.0 Å². The van der Waals surface area contributed by atoms with E-state index in [0.29, 0.717) is 10.7 Å². The molecule has 2 aromatic heterocycles. The van der Waals surface area contributed by atoms with Crippen LogP contribution in [-0.4, -0.2) is 21.0 Å². The Morgan fingerprint density at radius 2 is 2.08 bits per heavy atom.